The van der Waals surface area contributed by atoms with Gasteiger partial charge in [0.25, 0.3) is 0 Å². The maximum atomic E-state index is 12.2. The minimum Gasteiger partial charge on any atom is -0.479 e. The van der Waals surface area contributed by atoms with E-state index in [1.807, 2.05) is 44.2 Å². The lowest BCUT2D eigenvalue weighted by atomic mass is 10.1. The normalized spacial score (nSPS) is 10.8. The Bertz CT molecular complexity index is 1440. The molecule has 10 heteroatoms. The fourth-order valence-electron chi connectivity index (χ4n) is 3.78. The summed E-state index contributed by atoms with van der Waals surface area (Å²) in [4.78, 5) is 29.8. The van der Waals surface area contributed by atoms with Crippen molar-refractivity contribution in [2.75, 3.05) is 62.2 Å². The number of pyridine rings is 1. The minimum atomic E-state index is -0.344. The lowest BCUT2D eigenvalue weighted by Gasteiger charge is -2.24. The van der Waals surface area contributed by atoms with Crippen LogP contribution in [0, 0.1) is 0 Å². The van der Waals surface area contributed by atoms with Gasteiger partial charge >= 0.3 is 0 Å². The van der Waals surface area contributed by atoms with Crippen LogP contribution < -0.4 is 25.6 Å². The predicted molar refractivity (Wildman–Crippen MR) is 154 cm³/mol. The second-order valence-electron chi connectivity index (χ2n) is 8.91. The number of amides is 1. The van der Waals surface area contributed by atoms with Crippen LogP contribution in [0.2, 0.25) is 0 Å². The molecular formula is C28H32N8O2. The standard InChI is InChI=1S/C28H32N8O2/c1-6-25(37)31-22-18-23(27(38-5)34-26(22)36(4)16-15-35(2)3)32-28-29-14-13-24(33-28)30-21-12-11-19-9-7-8-10-20(19)17-21/h6-14,17-18H,1,15-16H2,2-5H3,(H,31,37)(H2,29,30,32,33). The number of hydrogen-bond acceptors (Lipinski definition) is 9. The van der Waals surface area contributed by atoms with Crippen LogP contribution in [0.5, 0.6) is 5.88 Å². The van der Waals surface area contributed by atoms with Crippen molar-refractivity contribution in [2.45, 2.75) is 0 Å². The van der Waals surface area contributed by atoms with E-state index in [2.05, 4.69) is 66.6 Å². The molecule has 0 spiro atoms. The average molecular weight is 513 g/mol. The quantitative estimate of drug-likeness (QED) is 0.248. The number of fused-ring (bicyclic) bond motifs is 1. The number of carbonyl (C=O) groups excluding carboxylic acids is 1. The molecule has 10 nitrogen and oxygen atoms in total. The van der Waals surface area contributed by atoms with E-state index in [0.717, 1.165) is 23.0 Å². The Labute approximate surface area is 222 Å². The van der Waals surface area contributed by atoms with Gasteiger partial charge in [0.2, 0.25) is 17.7 Å². The van der Waals surface area contributed by atoms with Crippen LogP contribution in [0.15, 0.2) is 73.4 Å². The fraction of sp³-hybridized carbons (Fsp3) is 0.214. The Hall–Kier alpha value is -4.70. The molecule has 0 radical (unpaired) electrons. The Morgan fingerprint density at radius 2 is 1.76 bits per heavy atom. The summed E-state index contributed by atoms with van der Waals surface area (Å²) in [6.45, 7) is 5.05. The molecule has 0 fully saturated rings. The molecule has 0 unspecified atom stereocenters. The molecule has 0 aliphatic rings. The van der Waals surface area contributed by atoms with Crippen LogP contribution in [-0.2, 0) is 4.79 Å². The van der Waals surface area contributed by atoms with Crippen molar-refractivity contribution in [3.63, 3.8) is 0 Å². The number of benzene rings is 2. The van der Waals surface area contributed by atoms with Crippen molar-refractivity contribution in [3.05, 3.63) is 73.4 Å². The van der Waals surface area contributed by atoms with Crippen molar-refractivity contribution in [2.24, 2.45) is 0 Å². The molecular weight excluding hydrogens is 480 g/mol. The lowest BCUT2D eigenvalue weighted by Crippen LogP contribution is -2.30. The molecule has 2 heterocycles. The summed E-state index contributed by atoms with van der Waals surface area (Å²) >= 11 is 0. The van der Waals surface area contributed by atoms with Crippen molar-refractivity contribution in [1.29, 1.82) is 0 Å². The van der Waals surface area contributed by atoms with Crippen LogP contribution in [0.1, 0.15) is 0 Å². The van der Waals surface area contributed by atoms with Gasteiger partial charge in [0.15, 0.2) is 5.82 Å². The molecule has 0 atom stereocenters. The summed E-state index contributed by atoms with van der Waals surface area (Å²) in [6.07, 6.45) is 2.87. The van der Waals surface area contributed by atoms with Crippen LogP contribution in [-0.4, -0.2) is 67.1 Å². The molecule has 2 aromatic carbocycles. The molecule has 0 aliphatic heterocycles. The third kappa shape index (κ3) is 6.54. The average Bonchev–Trinajstić information content (AvgIpc) is 2.92. The van der Waals surface area contributed by atoms with Gasteiger partial charge in [0.05, 0.1) is 12.8 Å². The van der Waals surface area contributed by atoms with E-state index < -0.39 is 0 Å². The first-order valence-corrected chi connectivity index (χ1v) is 12.1. The highest BCUT2D eigenvalue weighted by atomic mass is 16.5. The molecule has 0 aliphatic carbocycles. The Balaban J connectivity index is 1.61. The molecule has 38 heavy (non-hydrogen) atoms. The number of anilines is 6. The molecule has 4 rings (SSSR count). The predicted octanol–water partition coefficient (Wildman–Crippen LogP) is 4.64. The van der Waals surface area contributed by atoms with E-state index in [1.54, 1.807) is 18.3 Å². The number of hydrogen-bond donors (Lipinski definition) is 3. The van der Waals surface area contributed by atoms with Crippen molar-refractivity contribution >= 4 is 51.3 Å². The zero-order valence-corrected chi connectivity index (χ0v) is 22.0. The molecule has 3 N–H and O–H groups in total. The molecule has 0 saturated heterocycles. The number of likely N-dealkylation sites (N-methyl/N-ethyl adjacent to an activating group) is 2. The first kappa shape index (κ1) is 26.4. The van der Waals surface area contributed by atoms with Crippen molar-refractivity contribution in [1.82, 2.24) is 19.9 Å². The number of carbonyl (C=O) groups is 1. The van der Waals surface area contributed by atoms with E-state index in [4.69, 9.17) is 4.74 Å². The van der Waals surface area contributed by atoms with Gasteiger partial charge in [-0.1, -0.05) is 36.9 Å². The first-order chi connectivity index (χ1) is 18.4. The van der Waals surface area contributed by atoms with Crippen molar-refractivity contribution < 1.29 is 9.53 Å². The van der Waals surface area contributed by atoms with E-state index in [-0.39, 0.29) is 5.91 Å². The van der Waals surface area contributed by atoms with E-state index in [9.17, 15) is 4.79 Å². The second-order valence-corrected chi connectivity index (χ2v) is 8.91. The molecule has 0 saturated carbocycles. The maximum absolute atomic E-state index is 12.2. The van der Waals surface area contributed by atoms with Crippen molar-refractivity contribution in [3.8, 4) is 5.88 Å². The van der Waals surface area contributed by atoms with E-state index in [0.29, 0.717) is 41.4 Å². The highest BCUT2D eigenvalue weighted by Crippen LogP contribution is 2.34. The lowest BCUT2D eigenvalue weighted by molar-refractivity contribution is -0.111. The van der Waals surface area contributed by atoms with Crippen LogP contribution in [0.4, 0.5) is 34.6 Å². The summed E-state index contributed by atoms with van der Waals surface area (Å²) in [5, 5.41) is 11.6. The van der Waals surface area contributed by atoms with Crippen LogP contribution >= 0.6 is 0 Å². The summed E-state index contributed by atoms with van der Waals surface area (Å²) in [7, 11) is 7.45. The Morgan fingerprint density at radius 3 is 2.50 bits per heavy atom. The van der Waals surface area contributed by atoms with Gasteiger partial charge in [-0.15, -0.1) is 0 Å². The van der Waals surface area contributed by atoms with Gasteiger partial charge in [-0.05, 0) is 55.2 Å². The maximum Gasteiger partial charge on any atom is 0.247 e. The van der Waals surface area contributed by atoms with Gasteiger partial charge in [-0.3, -0.25) is 4.79 Å². The second kappa shape index (κ2) is 12.0. The summed E-state index contributed by atoms with van der Waals surface area (Å²) in [5.74, 6) is 1.51. The number of ether oxygens (including phenoxy) is 1. The smallest absolute Gasteiger partial charge is 0.247 e. The fourth-order valence-corrected chi connectivity index (χ4v) is 3.78. The zero-order valence-electron chi connectivity index (χ0n) is 22.0. The van der Waals surface area contributed by atoms with Gasteiger partial charge < -0.3 is 30.5 Å². The third-order valence-electron chi connectivity index (χ3n) is 5.77. The monoisotopic (exact) mass is 512 g/mol. The summed E-state index contributed by atoms with van der Waals surface area (Å²) in [6, 6.07) is 17.8. The number of nitrogens with one attached hydrogen (secondary N) is 3. The number of nitrogens with zero attached hydrogens (tertiary/aromatic N) is 5. The summed E-state index contributed by atoms with van der Waals surface area (Å²) in [5.41, 5.74) is 1.91. The first-order valence-electron chi connectivity index (χ1n) is 12.1. The van der Waals surface area contributed by atoms with Gasteiger partial charge in [-0.2, -0.15) is 9.97 Å². The van der Waals surface area contributed by atoms with Gasteiger partial charge in [0.1, 0.15) is 11.5 Å². The zero-order chi connectivity index (χ0) is 27.1. The van der Waals surface area contributed by atoms with Gasteiger partial charge in [-0.25, -0.2) is 4.98 Å². The number of methoxy groups -OCH3 is 1. The third-order valence-corrected chi connectivity index (χ3v) is 5.77. The molecule has 1 amide bonds. The van der Waals surface area contributed by atoms with Crippen LogP contribution in [0.3, 0.4) is 0 Å². The van der Waals surface area contributed by atoms with E-state index >= 15 is 0 Å². The molecule has 2 aromatic heterocycles. The van der Waals surface area contributed by atoms with Gasteiger partial charge in [0, 0.05) is 32.0 Å². The molecule has 4 aromatic rings. The SMILES string of the molecule is C=CC(=O)Nc1cc(Nc2nccc(Nc3ccc4ccccc4c3)n2)c(OC)nc1N(C)CCN(C)C. The number of aromatic nitrogens is 3. The largest absolute Gasteiger partial charge is 0.479 e. The Kier molecular flexibility index (Phi) is 8.34. The topological polar surface area (TPSA) is 108 Å². The number of rotatable bonds is 11. The van der Waals surface area contributed by atoms with E-state index in [1.165, 1.54) is 13.2 Å². The Morgan fingerprint density at radius 1 is 0.974 bits per heavy atom. The summed E-state index contributed by atoms with van der Waals surface area (Å²) < 4.78 is 5.57. The van der Waals surface area contributed by atoms with Crippen LogP contribution in [0.25, 0.3) is 10.8 Å². The highest BCUT2D eigenvalue weighted by molar-refractivity contribution is 6.01. The molecule has 0 bridgehead atoms. The molecule has 196 valence electrons. The highest BCUT2D eigenvalue weighted by Gasteiger charge is 2.18. The minimum absolute atomic E-state index is 0.338.